The van der Waals surface area contributed by atoms with Gasteiger partial charge in [0.25, 0.3) is 0 Å². The van der Waals surface area contributed by atoms with Gasteiger partial charge in [0.2, 0.25) is 0 Å². The average Bonchev–Trinajstić information content (AvgIpc) is 3.56. The van der Waals surface area contributed by atoms with Gasteiger partial charge in [0.15, 0.2) is 22.4 Å². The van der Waals surface area contributed by atoms with Crippen LogP contribution in [0.1, 0.15) is 38.4 Å². The molecule has 0 saturated carbocycles. The molecule has 0 N–H and O–H groups in total. The van der Waals surface area contributed by atoms with Crippen molar-refractivity contribution in [3.8, 4) is 17.8 Å². The van der Waals surface area contributed by atoms with Crippen LogP contribution in [0, 0.1) is 6.07 Å². The molecule has 1 spiro atoms. The fraction of sp³-hybridized carbons (Fsp3) is 0.423. The molecule has 1 unspecified atom stereocenters. The van der Waals surface area contributed by atoms with Crippen molar-refractivity contribution in [3.05, 3.63) is 62.6 Å². The van der Waals surface area contributed by atoms with Crippen molar-refractivity contribution in [1.29, 1.82) is 0 Å². The number of hydrogen-bond acceptors (Lipinski definition) is 8. The van der Waals surface area contributed by atoms with Crippen LogP contribution >= 0.6 is 23.2 Å². The maximum atomic E-state index is 12.7. The van der Waals surface area contributed by atoms with Gasteiger partial charge in [-0.25, -0.2) is 0 Å². The number of aromatic nitrogens is 3. The van der Waals surface area contributed by atoms with Gasteiger partial charge in [0.05, 0.1) is 27.5 Å². The molecule has 5 rings (SSSR count). The fourth-order valence-electron chi connectivity index (χ4n) is 4.63. The molecular weight excluding hydrogens is 565 g/mol. The number of nitrogens with zero attached hydrogens (tertiary/aromatic N) is 5. The van der Waals surface area contributed by atoms with Crippen LogP contribution < -0.4 is 9.64 Å². The molecular formula is C26H28Cl2N5O5S+. The van der Waals surface area contributed by atoms with Gasteiger partial charge in [-0.15, -0.1) is 13.5 Å². The number of piperidine rings is 1. The van der Waals surface area contributed by atoms with E-state index in [1.165, 1.54) is 18.2 Å². The van der Waals surface area contributed by atoms with Gasteiger partial charge < -0.3 is 19.1 Å². The fourth-order valence-corrected chi connectivity index (χ4v) is 5.90. The van der Waals surface area contributed by atoms with E-state index < -0.39 is 21.7 Å². The molecule has 3 heterocycles. The molecule has 3 aromatic rings. The van der Waals surface area contributed by atoms with Crippen LogP contribution in [0.4, 0.5) is 5.69 Å². The van der Waals surface area contributed by atoms with Crippen molar-refractivity contribution in [2.45, 2.75) is 49.8 Å². The normalized spacial score (nSPS) is 17.6. The number of anilines is 1. The largest absolute Gasteiger partial charge is 0.510 e. The van der Waals surface area contributed by atoms with E-state index in [0.717, 1.165) is 31.6 Å². The van der Waals surface area contributed by atoms with Gasteiger partial charge in [-0.2, -0.15) is 0 Å². The third-order valence-electron chi connectivity index (χ3n) is 6.74. The van der Waals surface area contributed by atoms with E-state index >= 15 is 0 Å². The zero-order valence-corrected chi connectivity index (χ0v) is 23.8. The van der Waals surface area contributed by atoms with E-state index in [9.17, 15) is 8.42 Å². The topological polar surface area (TPSA) is 100 Å². The summed E-state index contributed by atoms with van der Waals surface area (Å²) in [5.41, 5.74) is 1.03. The molecule has 10 nitrogen and oxygen atoms in total. The molecule has 2 aromatic carbocycles. The lowest BCUT2D eigenvalue weighted by Crippen LogP contribution is -2.45. The Hall–Kier alpha value is -2.88. The number of ether oxygens (including phenoxy) is 3. The highest BCUT2D eigenvalue weighted by molar-refractivity contribution is 7.93. The van der Waals surface area contributed by atoms with E-state index in [0.29, 0.717) is 31.3 Å². The first-order valence-electron chi connectivity index (χ1n) is 12.6. The van der Waals surface area contributed by atoms with Crippen LogP contribution in [0.2, 0.25) is 10.0 Å². The molecule has 2 fully saturated rings. The summed E-state index contributed by atoms with van der Waals surface area (Å²) in [7, 11) is -4.03. The predicted octanol–water partition coefficient (Wildman–Crippen LogP) is 5.57. The quantitative estimate of drug-likeness (QED) is 0.366. The molecule has 0 amide bonds. The monoisotopic (exact) mass is 592 g/mol. The Labute approximate surface area is 237 Å². The van der Waals surface area contributed by atoms with E-state index in [1.807, 2.05) is 31.2 Å². The Bertz CT molecular complexity index is 1520. The number of rotatable bonds is 6. The zero-order valence-electron chi connectivity index (χ0n) is 21.5. The number of benzene rings is 2. The summed E-state index contributed by atoms with van der Waals surface area (Å²) in [6.07, 6.45) is 1.62. The van der Waals surface area contributed by atoms with Crippen LogP contribution in [0.25, 0.3) is 4.25 Å². The number of halogens is 2. The summed E-state index contributed by atoms with van der Waals surface area (Å²) >= 11 is 11.8. The number of sulfonamides is 1. The Kier molecular flexibility index (Phi) is 8.03. The minimum atomic E-state index is -4.03. The molecule has 206 valence electrons. The van der Waals surface area contributed by atoms with Gasteiger partial charge in [0.1, 0.15) is 5.75 Å². The van der Waals surface area contributed by atoms with Gasteiger partial charge in [-0.1, -0.05) is 34.4 Å². The first-order chi connectivity index (χ1) is 18.7. The number of hydrogen-bond donors (Lipinski definition) is 0. The summed E-state index contributed by atoms with van der Waals surface area (Å²) in [6, 6.07) is 14.7. The van der Waals surface area contributed by atoms with Gasteiger partial charge in [-0.3, -0.25) is 4.57 Å². The SMILES string of the molecule is CCn1c(Oc2cccc(N3CCC4(CC3)OCCO4)c2)nnc1C(C)C#[N+]S(=O)(=O)c1ccc(Cl)c(Cl)c1. The summed E-state index contributed by atoms with van der Waals surface area (Å²) < 4.78 is 48.5. The Morgan fingerprint density at radius 3 is 2.54 bits per heavy atom. The average molecular weight is 594 g/mol. The van der Waals surface area contributed by atoms with Crippen molar-refractivity contribution in [3.63, 3.8) is 0 Å². The molecule has 0 radical (unpaired) electrons. The second-order valence-corrected chi connectivity index (χ2v) is 11.7. The van der Waals surface area contributed by atoms with Crippen LogP contribution in [0.5, 0.6) is 11.8 Å². The predicted molar refractivity (Wildman–Crippen MR) is 148 cm³/mol. The van der Waals surface area contributed by atoms with E-state index in [2.05, 4.69) is 25.4 Å². The third-order valence-corrected chi connectivity index (χ3v) is 8.67. The van der Waals surface area contributed by atoms with E-state index in [4.69, 9.17) is 37.4 Å². The first-order valence-corrected chi connectivity index (χ1v) is 14.8. The summed E-state index contributed by atoms with van der Waals surface area (Å²) in [4.78, 5) is 2.20. The summed E-state index contributed by atoms with van der Waals surface area (Å²) in [6.45, 7) is 7.08. The van der Waals surface area contributed by atoms with Crippen molar-refractivity contribution in [1.82, 2.24) is 14.8 Å². The molecule has 1 atom stereocenters. The van der Waals surface area contributed by atoms with Crippen molar-refractivity contribution < 1.29 is 22.6 Å². The lowest BCUT2D eigenvalue weighted by molar-refractivity contribution is -0.169. The first kappa shape index (κ1) is 27.7. The van der Waals surface area contributed by atoms with Gasteiger partial charge in [0, 0.05) is 44.2 Å². The molecule has 39 heavy (non-hydrogen) atoms. The highest BCUT2D eigenvalue weighted by atomic mass is 35.5. The van der Waals surface area contributed by atoms with Crippen LogP contribution in [-0.4, -0.2) is 55.3 Å². The molecule has 0 bridgehead atoms. The summed E-state index contributed by atoms with van der Waals surface area (Å²) in [5.74, 6) is 0.0628. The maximum absolute atomic E-state index is 12.7. The Morgan fingerprint density at radius 1 is 1.10 bits per heavy atom. The van der Waals surface area contributed by atoms with Crippen molar-refractivity contribution >= 4 is 38.9 Å². The molecule has 0 aliphatic carbocycles. The summed E-state index contributed by atoms with van der Waals surface area (Å²) in [5, 5.41) is 8.80. The molecule has 1 aromatic heterocycles. The van der Waals surface area contributed by atoms with Gasteiger partial charge in [-0.05, 0) is 44.2 Å². The van der Waals surface area contributed by atoms with Crippen LogP contribution in [0.3, 0.4) is 0 Å². The lowest BCUT2D eigenvalue weighted by Gasteiger charge is -2.38. The molecule has 2 aliphatic rings. The van der Waals surface area contributed by atoms with E-state index in [-0.39, 0.29) is 21.0 Å². The van der Waals surface area contributed by atoms with Crippen LogP contribution in [-0.2, 0) is 26.0 Å². The minimum absolute atomic E-state index is 0.0790. The molecule has 13 heteroatoms. The van der Waals surface area contributed by atoms with Crippen molar-refractivity contribution in [2.24, 2.45) is 0 Å². The third kappa shape index (κ3) is 6.00. The van der Waals surface area contributed by atoms with Crippen LogP contribution in [0.15, 0.2) is 47.4 Å². The lowest BCUT2D eigenvalue weighted by atomic mass is 10.0. The standard InChI is InChI=1S/C26H28Cl2N5O5S/c1-3-33-24(18(2)17-29-39(34,35)21-7-8-22(27)23(28)16-21)30-31-25(33)38-20-6-4-5-19(15-20)32-11-9-26(10-12-32)36-13-14-37-26/h4-8,15-16,18H,3,9-14H2,1-2H3/q+1. The maximum Gasteiger partial charge on any atom is 0.510 e. The second-order valence-electron chi connectivity index (χ2n) is 9.27. The van der Waals surface area contributed by atoms with Gasteiger partial charge >= 0.3 is 22.1 Å². The Morgan fingerprint density at radius 2 is 1.85 bits per heavy atom. The van der Waals surface area contributed by atoms with E-state index in [1.54, 1.807) is 11.5 Å². The minimum Gasteiger partial charge on any atom is -0.424 e. The highest BCUT2D eigenvalue weighted by Crippen LogP contribution is 2.35. The van der Waals surface area contributed by atoms with Crippen molar-refractivity contribution in [2.75, 3.05) is 31.2 Å². The smallest absolute Gasteiger partial charge is 0.424 e. The highest BCUT2D eigenvalue weighted by Gasteiger charge is 2.39. The zero-order chi connectivity index (χ0) is 27.6. The Balaban J connectivity index is 1.30. The molecule has 2 aliphatic heterocycles. The second kappa shape index (κ2) is 11.3. The molecule has 2 saturated heterocycles.